The number of nitrogens with zero attached hydrogens (tertiary/aromatic N) is 3. The van der Waals surface area contributed by atoms with Gasteiger partial charge in [0.2, 0.25) is 0 Å². The van der Waals surface area contributed by atoms with E-state index in [0.717, 1.165) is 25.0 Å². The van der Waals surface area contributed by atoms with E-state index in [1.165, 1.54) is 11.5 Å². The monoisotopic (exact) mass is 284 g/mol. The highest BCUT2D eigenvalue weighted by molar-refractivity contribution is 7.80. The van der Waals surface area contributed by atoms with Crippen LogP contribution in [0.2, 0.25) is 0 Å². The molecule has 2 N–H and O–H groups in total. The normalized spacial score (nSPS) is 16.8. The molecule has 98 valence electrons. The Hall–Kier alpha value is -1.08. The van der Waals surface area contributed by atoms with Gasteiger partial charge in [0, 0.05) is 19.0 Å². The summed E-state index contributed by atoms with van der Waals surface area (Å²) in [7, 11) is 0. The lowest BCUT2D eigenvalue weighted by atomic mass is 9.97. The molecule has 1 saturated heterocycles. The van der Waals surface area contributed by atoms with Gasteiger partial charge in [0.25, 0.3) is 5.91 Å². The first-order valence-electron chi connectivity index (χ1n) is 6.03. The number of rotatable bonds is 3. The molecule has 1 aromatic heterocycles. The molecule has 0 aliphatic carbocycles. The number of likely N-dealkylation sites (tertiary alicyclic amines) is 1. The summed E-state index contributed by atoms with van der Waals surface area (Å²) in [6.07, 6.45) is 2.45. The second-order valence-electron chi connectivity index (χ2n) is 4.37. The maximum Gasteiger partial charge on any atom is 0.267 e. The van der Waals surface area contributed by atoms with E-state index in [1.807, 2.05) is 11.8 Å². The molecular formula is C11H16N4OS2. The van der Waals surface area contributed by atoms with E-state index in [9.17, 15) is 4.79 Å². The van der Waals surface area contributed by atoms with Crippen molar-refractivity contribution in [3.8, 4) is 0 Å². The lowest BCUT2D eigenvalue weighted by Crippen LogP contribution is -2.41. The van der Waals surface area contributed by atoms with Gasteiger partial charge in [-0.3, -0.25) is 4.79 Å². The predicted molar refractivity (Wildman–Crippen MR) is 74.7 cm³/mol. The molecule has 0 spiro atoms. The second-order valence-corrected chi connectivity index (χ2v) is 5.60. The lowest BCUT2D eigenvalue weighted by molar-refractivity contribution is 0.0714. The summed E-state index contributed by atoms with van der Waals surface area (Å²) in [6.45, 7) is 3.40. The Kier molecular flexibility index (Phi) is 4.23. The summed E-state index contributed by atoms with van der Waals surface area (Å²) in [5, 5.41) is 3.97. The summed E-state index contributed by atoms with van der Waals surface area (Å²) in [5.74, 6) is 0.317. The van der Waals surface area contributed by atoms with Gasteiger partial charge in [0.1, 0.15) is 4.88 Å². The molecule has 2 heterocycles. The fraction of sp³-hybridized carbons (Fsp3) is 0.636. The SMILES string of the molecule is CCc1nnsc1C(=O)N1CCC(C(N)=S)CC1. The van der Waals surface area contributed by atoms with Gasteiger partial charge in [-0.2, -0.15) is 0 Å². The number of carbonyl (C=O) groups excluding carboxylic acids is 1. The average Bonchev–Trinajstić information content (AvgIpc) is 2.86. The largest absolute Gasteiger partial charge is 0.393 e. The fourth-order valence-electron chi connectivity index (χ4n) is 2.11. The first-order chi connectivity index (χ1) is 8.63. The minimum absolute atomic E-state index is 0.0447. The molecule has 7 heteroatoms. The summed E-state index contributed by atoms with van der Waals surface area (Å²) in [5.41, 5.74) is 6.43. The Balaban J connectivity index is 2.02. The van der Waals surface area contributed by atoms with Crippen LogP contribution in [0.3, 0.4) is 0 Å². The number of hydrogen-bond donors (Lipinski definition) is 1. The van der Waals surface area contributed by atoms with Crippen molar-refractivity contribution in [1.29, 1.82) is 0 Å². The zero-order valence-corrected chi connectivity index (χ0v) is 11.9. The number of hydrogen-bond acceptors (Lipinski definition) is 5. The minimum Gasteiger partial charge on any atom is -0.393 e. The average molecular weight is 284 g/mol. The van der Waals surface area contributed by atoms with Crippen LogP contribution in [0.15, 0.2) is 0 Å². The number of carbonyl (C=O) groups is 1. The smallest absolute Gasteiger partial charge is 0.267 e. The van der Waals surface area contributed by atoms with E-state index < -0.39 is 0 Å². The van der Waals surface area contributed by atoms with E-state index in [2.05, 4.69) is 9.59 Å². The number of aromatic nitrogens is 2. The molecule has 18 heavy (non-hydrogen) atoms. The number of nitrogens with two attached hydrogens (primary N) is 1. The number of piperidine rings is 1. The van der Waals surface area contributed by atoms with Crippen molar-refractivity contribution < 1.29 is 4.79 Å². The van der Waals surface area contributed by atoms with Crippen molar-refractivity contribution in [2.75, 3.05) is 13.1 Å². The Morgan fingerprint density at radius 1 is 1.56 bits per heavy atom. The topological polar surface area (TPSA) is 72.1 Å². The molecule has 0 unspecified atom stereocenters. The molecule has 0 atom stereocenters. The van der Waals surface area contributed by atoms with E-state index in [-0.39, 0.29) is 11.8 Å². The number of thiocarbonyl (C=S) groups is 1. The lowest BCUT2D eigenvalue weighted by Gasteiger charge is -2.31. The van der Waals surface area contributed by atoms with Crippen molar-refractivity contribution in [3.63, 3.8) is 0 Å². The van der Waals surface area contributed by atoms with Crippen LogP contribution in [0.25, 0.3) is 0 Å². The van der Waals surface area contributed by atoms with Crippen LogP contribution in [0, 0.1) is 5.92 Å². The van der Waals surface area contributed by atoms with Crippen molar-refractivity contribution >= 4 is 34.6 Å². The summed E-state index contributed by atoms with van der Waals surface area (Å²) < 4.78 is 3.86. The Bertz CT molecular complexity index is 452. The maximum atomic E-state index is 12.3. The minimum atomic E-state index is 0.0447. The van der Waals surface area contributed by atoms with Crippen molar-refractivity contribution in [2.24, 2.45) is 11.7 Å². The van der Waals surface area contributed by atoms with Gasteiger partial charge in [0.15, 0.2) is 0 Å². The first-order valence-corrected chi connectivity index (χ1v) is 7.21. The van der Waals surface area contributed by atoms with Gasteiger partial charge >= 0.3 is 0 Å². The third-order valence-electron chi connectivity index (χ3n) is 3.27. The Labute approximate surface area is 116 Å². The van der Waals surface area contributed by atoms with Crippen LogP contribution in [0.4, 0.5) is 0 Å². The molecule has 1 aliphatic heterocycles. The van der Waals surface area contributed by atoms with Gasteiger partial charge in [-0.25, -0.2) is 0 Å². The van der Waals surface area contributed by atoms with E-state index in [1.54, 1.807) is 0 Å². The molecule has 0 bridgehead atoms. The van der Waals surface area contributed by atoms with Gasteiger partial charge in [0.05, 0.1) is 10.7 Å². The molecule has 0 aromatic carbocycles. The number of aryl methyl sites for hydroxylation is 1. The third kappa shape index (κ3) is 2.67. The first kappa shape index (κ1) is 13.4. The van der Waals surface area contributed by atoms with Crippen LogP contribution in [-0.2, 0) is 6.42 Å². The van der Waals surface area contributed by atoms with Crippen LogP contribution >= 0.6 is 23.8 Å². The second kappa shape index (κ2) is 5.71. The van der Waals surface area contributed by atoms with Crippen LogP contribution in [-0.4, -0.2) is 38.5 Å². The van der Waals surface area contributed by atoms with Gasteiger partial charge in [-0.15, -0.1) is 5.10 Å². The van der Waals surface area contributed by atoms with E-state index >= 15 is 0 Å². The maximum absolute atomic E-state index is 12.3. The van der Waals surface area contributed by atoms with Crippen LogP contribution < -0.4 is 5.73 Å². The summed E-state index contributed by atoms with van der Waals surface area (Å²) in [4.78, 5) is 15.4. The Morgan fingerprint density at radius 3 is 2.78 bits per heavy atom. The molecular weight excluding hydrogens is 268 g/mol. The highest BCUT2D eigenvalue weighted by Crippen LogP contribution is 2.21. The zero-order chi connectivity index (χ0) is 13.1. The highest BCUT2D eigenvalue weighted by atomic mass is 32.1. The van der Waals surface area contributed by atoms with Crippen molar-refractivity contribution in [3.05, 3.63) is 10.6 Å². The molecule has 0 saturated carbocycles. The predicted octanol–water partition coefficient (Wildman–Crippen LogP) is 1.24. The van der Waals surface area contributed by atoms with Gasteiger partial charge in [-0.05, 0) is 30.8 Å². The zero-order valence-electron chi connectivity index (χ0n) is 10.3. The molecule has 1 aliphatic rings. The quantitative estimate of drug-likeness (QED) is 0.846. The van der Waals surface area contributed by atoms with Crippen molar-refractivity contribution in [1.82, 2.24) is 14.5 Å². The Morgan fingerprint density at radius 2 is 2.22 bits per heavy atom. The molecule has 1 fully saturated rings. The van der Waals surface area contributed by atoms with Gasteiger partial charge < -0.3 is 10.6 Å². The van der Waals surface area contributed by atoms with E-state index in [4.69, 9.17) is 18.0 Å². The van der Waals surface area contributed by atoms with Gasteiger partial charge in [-0.1, -0.05) is 23.6 Å². The van der Waals surface area contributed by atoms with E-state index in [0.29, 0.717) is 23.0 Å². The highest BCUT2D eigenvalue weighted by Gasteiger charge is 2.27. The summed E-state index contributed by atoms with van der Waals surface area (Å²) >= 11 is 6.18. The fourth-order valence-corrected chi connectivity index (χ4v) is 3.07. The summed E-state index contributed by atoms with van der Waals surface area (Å²) in [6, 6.07) is 0. The standard InChI is InChI=1S/C11H16N4OS2/c1-2-8-9(18-14-13-8)11(16)15-5-3-7(4-6-15)10(12)17/h7H,2-6H2,1H3,(H2,12,17). The molecule has 1 amide bonds. The van der Waals surface area contributed by atoms with Crippen LogP contribution in [0.1, 0.15) is 35.1 Å². The third-order valence-corrected chi connectivity index (χ3v) is 4.36. The molecule has 0 radical (unpaired) electrons. The number of amides is 1. The van der Waals surface area contributed by atoms with Crippen LogP contribution in [0.5, 0.6) is 0 Å². The molecule has 1 aromatic rings. The molecule has 2 rings (SSSR count). The van der Waals surface area contributed by atoms with Crippen molar-refractivity contribution in [2.45, 2.75) is 26.2 Å². The molecule has 5 nitrogen and oxygen atoms in total.